The van der Waals surface area contributed by atoms with Gasteiger partial charge in [-0.1, -0.05) is 43.4 Å². The fourth-order valence-corrected chi connectivity index (χ4v) is 3.45. The highest BCUT2D eigenvalue weighted by Gasteiger charge is 2.19. The SMILES string of the molecule is CC(C)c1nnc(NC(=O)CN2CCN(c3ccccc3)CC2)s1. The number of hydrogen-bond donors (Lipinski definition) is 1. The van der Waals surface area contributed by atoms with Crippen molar-refractivity contribution in [1.29, 1.82) is 0 Å². The molecule has 0 unspecified atom stereocenters. The van der Waals surface area contributed by atoms with Crippen LogP contribution in [0.25, 0.3) is 0 Å². The number of carbonyl (C=O) groups excluding carboxylic acids is 1. The summed E-state index contributed by atoms with van der Waals surface area (Å²) in [5.74, 6) is 0.314. The van der Waals surface area contributed by atoms with E-state index in [0.717, 1.165) is 31.2 Å². The molecule has 128 valence electrons. The Morgan fingerprint density at radius 3 is 2.50 bits per heavy atom. The van der Waals surface area contributed by atoms with Crippen LogP contribution in [0.1, 0.15) is 24.8 Å². The van der Waals surface area contributed by atoms with E-state index in [0.29, 0.717) is 17.6 Å². The fourth-order valence-electron chi connectivity index (χ4n) is 2.68. The van der Waals surface area contributed by atoms with Gasteiger partial charge in [0.25, 0.3) is 0 Å². The van der Waals surface area contributed by atoms with Gasteiger partial charge in [0.2, 0.25) is 11.0 Å². The van der Waals surface area contributed by atoms with E-state index in [-0.39, 0.29) is 5.91 Å². The molecule has 1 aromatic carbocycles. The van der Waals surface area contributed by atoms with E-state index in [1.807, 2.05) is 6.07 Å². The zero-order valence-electron chi connectivity index (χ0n) is 14.1. The van der Waals surface area contributed by atoms with Crippen LogP contribution in [0.5, 0.6) is 0 Å². The molecule has 1 aliphatic rings. The quantitative estimate of drug-likeness (QED) is 0.902. The molecule has 0 saturated carbocycles. The lowest BCUT2D eigenvalue weighted by Crippen LogP contribution is -2.48. The van der Waals surface area contributed by atoms with Crippen molar-refractivity contribution >= 4 is 28.1 Å². The van der Waals surface area contributed by atoms with Crippen LogP contribution in [0.3, 0.4) is 0 Å². The van der Waals surface area contributed by atoms with Crippen molar-refractivity contribution in [3.63, 3.8) is 0 Å². The fraction of sp³-hybridized carbons (Fsp3) is 0.471. The third kappa shape index (κ3) is 4.30. The summed E-state index contributed by atoms with van der Waals surface area (Å²) in [6, 6.07) is 10.4. The summed E-state index contributed by atoms with van der Waals surface area (Å²) in [7, 11) is 0. The van der Waals surface area contributed by atoms with Gasteiger partial charge in [0.05, 0.1) is 6.54 Å². The van der Waals surface area contributed by atoms with Gasteiger partial charge in [0.1, 0.15) is 5.01 Å². The molecule has 1 saturated heterocycles. The molecule has 2 aromatic rings. The molecule has 0 atom stereocenters. The van der Waals surface area contributed by atoms with Crippen molar-refractivity contribution in [2.24, 2.45) is 0 Å². The Kier molecular flexibility index (Phi) is 5.42. The Morgan fingerprint density at radius 1 is 1.17 bits per heavy atom. The number of para-hydroxylation sites is 1. The molecule has 0 aliphatic carbocycles. The maximum absolute atomic E-state index is 12.2. The van der Waals surface area contributed by atoms with E-state index < -0.39 is 0 Å². The molecule has 0 spiro atoms. The minimum atomic E-state index is -0.0189. The highest BCUT2D eigenvalue weighted by atomic mass is 32.1. The van der Waals surface area contributed by atoms with Gasteiger partial charge in [0.15, 0.2) is 0 Å². The van der Waals surface area contributed by atoms with E-state index in [2.05, 4.69) is 63.4 Å². The van der Waals surface area contributed by atoms with Crippen molar-refractivity contribution in [3.8, 4) is 0 Å². The minimum absolute atomic E-state index is 0.0189. The van der Waals surface area contributed by atoms with Crippen molar-refractivity contribution < 1.29 is 4.79 Å². The Bertz CT molecular complexity index is 665. The molecule has 2 heterocycles. The molecule has 1 aromatic heterocycles. The van der Waals surface area contributed by atoms with Gasteiger partial charge < -0.3 is 4.90 Å². The molecular weight excluding hydrogens is 322 g/mol. The van der Waals surface area contributed by atoms with Gasteiger partial charge >= 0.3 is 0 Å². The predicted molar refractivity (Wildman–Crippen MR) is 97.7 cm³/mol. The number of hydrogen-bond acceptors (Lipinski definition) is 6. The highest BCUT2D eigenvalue weighted by Crippen LogP contribution is 2.22. The summed E-state index contributed by atoms with van der Waals surface area (Å²) in [6.07, 6.45) is 0. The Labute approximate surface area is 146 Å². The number of amides is 1. The first-order valence-electron chi connectivity index (χ1n) is 8.27. The topological polar surface area (TPSA) is 61.4 Å². The summed E-state index contributed by atoms with van der Waals surface area (Å²) in [5, 5.41) is 12.5. The summed E-state index contributed by atoms with van der Waals surface area (Å²) >= 11 is 1.45. The van der Waals surface area contributed by atoms with Crippen LogP contribution < -0.4 is 10.2 Å². The van der Waals surface area contributed by atoms with Gasteiger partial charge in [-0.25, -0.2) is 0 Å². The first-order valence-corrected chi connectivity index (χ1v) is 9.09. The number of nitrogens with zero attached hydrogens (tertiary/aromatic N) is 4. The minimum Gasteiger partial charge on any atom is -0.369 e. The first-order chi connectivity index (χ1) is 11.6. The maximum Gasteiger partial charge on any atom is 0.240 e. The van der Waals surface area contributed by atoms with Crippen LogP contribution in [-0.2, 0) is 4.79 Å². The van der Waals surface area contributed by atoms with Gasteiger partial charge in [-0.05, 0) is 12.1 Å². The van der Waals surface area contributed by atoms with Gasteiger partial charge in [-0.3, -0.25) is 15.0 Å². The second-order valence-electron chi connectivity index (χ2n) is 6.25. The average molecular weight is 345 g/mol. The zero-order valence-corrected chi connectivity index (χ0v) is 14.9. The van der Waals surface area contributed by atoms with Crippen LogP contribution in [0, 0.1) is 0 Å². The van der Waals surface area contributed by atoms with Crippen LogP contribution in [0.2, 0.25) is 0 Å². The molecule has 6 nitrogen and oxygen atoms in total. The molecule has 1 N–H and O–H groups in total. The number of nitrogens with one attached hydrogen (secondary N) is 1. The van der Waals surface area contributed by atoms with Crippen LogP contribution in [0.4, 0.5) is 10.8 Å². The number of anilines is 2. The summed E-state index contributed by atoms with van der Waals surface area (Å²) in [4.78, 5) is 16.7. The van der Waals surface area contributed by atoms with E-state index in [1.54, 1.807) is 0 Å². The van der Waals surface area contributed by atoms with Crippen molar-refractivity contribution in [3.05, 3.63) is 35.3 Å². The number of benzene rings is 1. The zero-order chi connectivity index (χ0) is 16.9. The smallest absolute Gasteiger partial charge is 0.240 e. The largest absolute Gasteiger partial charge is 0.369 e. The van der Waals surface area contributed by atoms with Crippen LogP contribution in [0.15, 0.2) is 30.3 Å². The Balaban J connectivity index is 1.46. The molecule has 1 fully saturated rings. The maximum atomic E-state index is 12.2. The van der Waals surface area contributed by atoms with E-state index in [9.17, 15) is 4.79 Å². The van der Waals surface area contributed by atoms with Gasteiger partial charge in [-0.2, -0.15) is 0 Å². The highest BCUT2D eigenvalue weighted by molar-refractivity contribution is 7.15. The van der Waals surface area contributed by atoms with E-state index in [4.69, 9.17) is 0 Å². The standard InChI is InChI=1S/C17H23N5OS/c1-13(2)16-19-20-17(24-16)18-15(23)12-21-8-10-22(11-9-21)14-6-4-3-5-7-14/h3-7,13H,8-12H2,1-2H3,(H,18,20,23). The van der Waals surface area contributed by atoms with Crippen molar-refractivity contribution in [1.82, 2.24) is 15.1 Å². The summed E-state index contributed by atoms with van der Waals surface area (Å²) in [5.41, 5.74) is 1.25. The van der Waals surface area contributed by atoms with Crippen LogP contribution in [-0.4, -0.2) is 53.7 Å². The number of piperazine rings is 1. The van der Waals surface area contributed by atoms with Crippen molar-refractivity contribution in [2.75, 3.05) is 42.9 Å². The third-order valence-electron chi connectivity index (χ3n) is 4.04. The number of aromatic nitrogens is 2. The molecule has 1 amide bonds. The van der Waals surface area contributed by atoms with E-state index in [1.165, 1.54) is 17.0 Å². The van der Waals surface area contributed by atoms with Crippen molar-refractivity contribution in [2.45, 2.75) is 19.8 Å². The number of rotatable bonds is 5. The molecule has 3 rings (SSSR count). The predicted octanol–water partition coefficient (Wildman–Crippen LogP) is 2.42. The summed E-state index contributed by atoms with van der Waals surface area (Å²) in [6.45, 7) is 8.18. The summed E-state index contributed by atoms with van der Waals surface area (Å²) < 4.78 is 0. The third-order valence-corrected chi connectivity index (χ3v) is 5.18. The Hall–Kier alpha value is -1.99. The van der Waals surface area contributed by atoms with E-state index >= 15 is 0 Å². The molecular formula is C17H23N5OS. The average Bonchev–Trinajstić information content (AvgIpc) is 3.05. The first kappa shape index (κ1) is 16.9. The lowest BCUT2D eigenvalue weighted by molar-refractivity contribution is -0.117. The normalized spacial score (nSPS) is 15.7. The van der Waals surface area contributed by atoms with Crippen LogP contribution >= 0.6 is 11.3 Å². The second kappa shape index (κ2) is 7.72. The monoisotopic (exact) mass is 345 g/mol. The molecule has 7 heteroatoms. The van der Waals surface area contributed by atoms with Gasteiger partial charge in [-0.15, -0.1) is 10.2 Å². The Morgan fingerprint density at radius 2 is 1.88 bits per heavy atom. The lowest BCUT2D eigenvalue weighted by atomic mass is 10.2. The van der Waals surface area contributed by atoms with Gasteiger partial charge in [0, 0.05) is 37.8 Å². The molecule has 0 radical (unpaired) electrons. The molecule has 24 heavy (non-hydrogen) atoms. The lowest BCUT2D eigenvalue weighted by Gasteiger charge is -2.35. The second-order valence-corrected chi connectivity index (χ2v) is 7.26. The molecule has 1 aliphatic heterocycles. The number of carbonyl (C=O) groups is 1. The molecule has 0 bridgehead atoms.